The Bertz CT molecular complexity index is 272. The van der Waals surface area contributed by atoms with Crippen LogP contribution < -0.4 is 0 Å². The van der Waals surface area contributed by atoms with Crippen molar-refractivity contribution >= 4 is 11.8 Å². The second-order valence-electron chi connectivity index (χ2n) is 2.07. The first kappa shape index (κ1) is 5.41. The molecule has 0 aliphatic carbocycles. The van der Waals surface area contributed by atoms with Gasteiger partial charge in [-0.1, -0.05) is 5.16 Å². The van der Waals surface area contributed by atoms with Crippen LogP contribution in [-0.4, -0.2) is 17.9 Å². The molecule has 0 saturated carbocycles. The summed E-state index contributed by atoms with van der Waals surface area (Å²) in [7, 11) is 0. The van der Waals surface area contributed by atoms with Gasteiger partial charge >= 0.3 is 0 Å². The van der Waals surface area contributed by atoms with Crippen LogP contribution in [0.1, 0.15) is 5.69 Å². The lowest BCUT2D eigenvalue weighted by Gasteiger charge is -1.89. The van der Waals surface area contributed by atoms with Crippen LogP contribution in [0.3, 0.4) is 0 Å². The lowest BCUT2D eigenvalue weighted by Crippen LogP contribution is -1.83. The summed E-state index contributed by atoms with van der Waals surface area (Å²) >= 11 is 0. The molecule has 50 valence electrons. The molecule has 0 spiro atoms. The molecule has 10 heavy (non-hydrogen) atoms. The molecule has 1 aliphatic heterocycles. The van der Waals surface area contributed by atoms with Crippen LogP contribution in [0.4, 0.5) is 0 Å². The maximum absolute atomic E-state index is 4.68. The molecular formula is C7H6N2O. The van der Waals surface area contributed by atoms with E-state index in [0.717, 1.165) is 17.8 Å². The van der Waals surface area contributed by atoms with Crippen molar-refractivity contribution in [3.05, 3.63) is 24.1 Å². The summed E-state index contributed by atoms with van der Waals surface area (Å²) in [5.74, 6) is 0. The van der Waals surface area contributed by atoms with Gasteiger partial charge in [0.1, 0.15) is 12.0 Å². The van der Waals surface area contributed by atoms with Crippen molar-refractivity contribution in [1.29, 1.82) is 0 Å². The van der Waals surface area contributed by atoms with Gasteiger partial charge < -0.3 is 4.52 Å². The third-order valence-electron chi connectivity index (χ3n) is 1.41. The van der Waals surface area contributed by atoms with Gasteiger partial charge in [0.05, 0.1) is 6.54 Å². The van der Waals surface area contributed by atoms with Crippen molar-refractivity contribution in [1.82, 2.24) is 5.16 Å². The van der Waals surface area contributed by atoms with E-state index in [2.05, 4.69) is 14.7 Å². The first-order chi connectivity index (χ1) is 4.97. The van der Waals surface area contributed by atoms with E-state index < -0.39 is 0 Å². The monoisotopic (exact) mass is 134 g/mol. The van der Waals surface area contributed by atoms with Crippen molar-refractivity contribution in [2.45, 2.75) is 0 Å². The summed E-state index contributed by atoms with van der Waals surface area (Å²) < 4.78 is 4.68. The predicted octanol–water partition coefficient (Wildman–Crippen LogP) is 1.14. The molecule has 0 aromatic carbocycles. The molecule has 0 saturated heterocycles. The fourth-order valence-corrected chi connectivity index (χ4v) is 0.891. The molecule has 0 atom stereocenters. The second kappa shape index (κ2) is 2.10. The number of rotatable bonds is 1. The largest absolute Gasteiger partial charge is 0.364 e. The quantitative estimate of drug-likeness (QED) is 0.577. The second-order valence-corrected chi connectivity index (χ2v) is 2.07. The Hall–Kier alpha value is -1.38. The Morgan fingerprint density at radius 2 is 2.50 bits per heavy atom. The van der Waals surface area contributed by atoms with Crippen molar-refractivity contribution in [3.8, 4) is 0 Å². The maximum atomic E-state index is 4.68. The van der Waals surface area contributed by atoms with Gasteiger partial charge in [-0.2, -0.15) is 0 Å². The highest BCUT2D eigenvalue weighted by Crippen LogP contribution is 2.13. The van der Waals surface area contributed by atoms with Crippen LogP contribution in [0.5, 0.6) is 0 Å². The molecule has 0 fully saturated rings. The van der Waals surface area contributed by atoms with E-state index in [1.807, 2.05) is 12.1 Å². The van der Waals surface area contributed by atoms with Gasteiger partial charge in [0.15, 0.2) is 0 Å². The van der Waals surface area contributed by atoms with E-state index >= 15 is 0 Å². The molecule has 0 radical (unpaired) electrons. The summed E-state index contributed by atoms with van der Waals surface area (Å²) in [6, 6.07) is 1.83. The van der Waals surface area contributed by atoms with Crippen molar-refractivity contribution in [2.75, 3.05) is 6.54 Å². The van der Waals surface area contributed by atoms with Crippen molar-refractivity contribution in [3.63, 3.8) is 0 Å². The molecular weight excluding hydrogens is 128 g/mol. The van der Waals surface area contributed by atoms with E-state index in [-0.39, 0.29) is 0 Å². The molecule has 3 heteroatoms. The van der Waals surface area contributed by atoms with Crippen LogP contribution in [0.25, 0.3) is 5.57 Å². The van der Waals surface area contributed by atoms with E-state index in [1.54, 1.807) is 12.5 Å². The van der Waals surface area contributed by atoms with Gasteiger partial charge in [-0.15, -0.1) is 0 Å². The van der Waals surface area contributed by atoms with Crippen LogP contribution in [0.15, 0.2) is 27.9 Å². The number of nitrogens with zero attached hydrogens (tertiary/aromatic N) is 2. The van der Waals surface area contributed by atoms with E-state index in [1.165, 1.54) is 0 Å². The fourth-order valence-electron chi connectivity index (χ4n) is 0.891. The summed E-state index contributed by atoms with van der Waals surface area (Å²) in [6.45, 7) is 0.729. The van der Waals surface area contributed by atoms with Crippen LogP contribution in [0, 0.1) is 0 Å². The molecule has 1 aromatic heterocycles. The minimum Gasteiger partial charge on any atom is -0.364 e. The Morgan fingerprint density at radius 1 is 1.50 bits per heavy atom. The topological polar surface area (TPSA) is 38.4 Å². The minimum absolute atomic E-state index is 0.729. The van der Waals surface area contributed by atoms with Gasteiger partial charge in [0, 0.05) is 17.9 Å². The highest BCUT2D eigenvalue weighted by Gasteiger charge is 2.05. The standard InChI is InChI=1S/C7H6N2O/c1-3-8-5-6(1)7-2-4-10-9-7/h1-4H,5H2. The fraction of sp³-hybridized carbons (Fsp3) is 0.143. The third-order valence-corrected chi connectivity index (χ3v) is 1.41. The summed E-state index contributed by atoms with van der Waals surface area (Å²) in [6.07, 6.45) is 5.29. The Kier molecular flexibility index (Phi) is 1.13. The highest BCUT2D eigenvalue weighted by atomic mass is 16.5. The molecule has 2 heterocycles. The highest BCUT2D eigenvalue weighted by molar-refractivity contribution is 5.88. The number of allylic oxidation sites excluding steroid dienone is 1. The zero-order valence-corrected chi connectivity index (χ0v) is 5.32. The molecule has 0 unspecified atom stereocenters. The normalized spacial score (nSPS) is 15.8. The van der Waals surface area contributed by atoms with Gasteiger partial charge in [0.2, 0.25) is 0 Å². The lowest BCUT2D eigenvalue weighted by molar-refractivity contribution is 0.417. The number of aromatic nitrogens is 1. The van der Waals surface area contributed by atoms with Gasteiger partial charge in [-0.05, 0) is 6.08 Å². The average Bonchev–Trinajstić information content (AvgIpc) is 2.59. The zero-order valence-electron chi connectivity index (χ0n) is 5.32. The zero-order chi connectivity index (χ0) is 6.81. The summed E-state index contributed by atoms with van der Waals surface area (Å²) in [5.41, 5.74) is 2.01. The van der Waals surface area contributed by atoms with Gasteiger partial charge in [0.25, 0.3) is 0 Å². The van der Waals surface area contributed by atoms with Crippen LogP contribution >= 0.6 is 0 Å². The molecule has 1 aromatic rings. The van der Waals surface area contributed by atoms with Gasteiger partial charge in [-0.3, -0.25) is 4.99 Å². The molecule has 0 bridgehead atoms. The SMILES string of the molecule is C1=NCC(c2ccon2)=C1. The van der Waals surface area contributed by atoms with E-state index in [4.69, 9.17) is 0 Å². The summed E-state index contributed by atoms with van der Waals surface area (Å²) in [5, 5.41) is 3.77. The van der Waals surface area contributed by atoms with Crippen molar-refractivity contribution in [2.24, 2.45) is 4.99 Å². The summed E-state index contributed by atoms with van der Waals surface area (Å²) in [4.78, 5) is 4.02. The van der Waals surface area contributed by atoms with Crippen LogP contribution in [-0.2, 0) is 0 Å². The molecule has 2 rings (SSSR count). The predicted molar refractivity (Wildman–Crippen MR) is 37.8 cm³/mol. The molecule has 0 amide bonds. The number of hydrogen-bond donors (Lipinski definition) is 0. The number of hydrogen-bond acceptors (Lipinski definition) is 3. The van der Waals surface area contributed by atoms with Crippen LogP contribution in [0.2, 0.25) is 0 Å². The van der Waals surface area contributed by atoms with Crippen molar-refractivity contribution < 1.29 is 4.52 Å². The Labute approximate surface area is 58.1 Å². The first-order valence-electron chi connectivity index (χ1n) is 3.06. The minimum atomic E-state index is 0.729. The molecule has 0 N–H and O–H groups in total. The smallest absolute Gasteiger partial charge is 0.124 e. The maximum Gasteiger partial charge on any atom is 0.124 e. The number of aliphatic imine (C=N–C) groups is 1. The first-order valence-corrected chi connectivity index (χ1v) is 3.06. The molecule has 3 nitrogen and oxygen atoms in total. The average molecular weight is 134 g/mol. The lowest BCUT2D eigenvalue weighted by atomic mass is 10.2. The Morgan fingerprint density at radius 3 is 3.10 bits per heavy atom. The van der Waals surface area contributed by atoms with Gasteiger partial charge in [-0.25, -0.2) is 0 Å². The third kappa shape index (κ3) is 0.757. The van der Waals surface area contributed by atoms with E-state index in [0.29, 0.717) is 0 Å². The Balaban J connectivity index is 2.30. The van der Waals surface area contributed by atoms with E-state index in [9.17, 15) is 0 Å². The molecule has 1 aliphatic rings.